The molecule has 1 fully saturated rings. The van der Waals surface area contributed by atoms with Crippen LogP contribution in [0, 0.1) is 0 Å². The molecule has 6 heteroatoms. The van der Waals surface area contributed by atoms with Crippen LogP contribution in [0.3, 0.4) is 0 Å². The van der Waals surface area contributed by atoms with Gasteiger partial charge in [0.1, 0.15) is 12.4 Å². The molecule has 2 heterocycles. The second-order valence-electron chi connectivity index (χ2n) is 5.27. The first-order valence-corrected chi connectivity index (χ1v) is 7.58. The van der Waals surface area contributed by atoms with Crippen molar-refractivity contribution in [2.45, 2.75) is 6.61 Å². The van der Waals surface area contributed by atoms with Crippen LogP contribution in [0.4, 0.5) is 11.4 Å². The zero-order chi connectivity index (χ0) is 16.1. The number of carbonyl (C=O) groups excluding carboxylic acids is 1. The number of benzene rings is 1. The molecule has 0 spiro atoms. The van der Waals surface area contributed by atoms with Crippen LogP contribution in [0.15, 0.2) is 40.8 Å². The van der Waals surface area contributed by atoms with Crippen molar-refractivity contribution in [1.82, 2.24) is 0 Å². The van der Waals surface area contributed by atoms with Gasteiger partial charge in [-0.3, -0.25) is 4.79 Å². The van der Waals surface area contributed by atoms with Gasteiger partial charge >= 0.3 is 0 Å². The number of ether oxygens (including phenoxy) is 2. The minimum absolute atomic E-state index is 0.270. The third kappa shape index (κ3) is 3.72. The number of amides is 1. The van der Waals surface area contributed by atoms with E-state index in [1.807, 2.05) is 24.3 Å². The van der Waals surface area contributed by atoms with Crippen LogP contribution in [-0.4, -0.2) is 39.3 Å². The van der Waals surface area contributed by atoms with Gasteiger partial charge in [-0.25, -0.2) is 0 Å². The number of nitrogens with zero attached hydrogens (tertiary/aromatic N) is 1. The van der Waals surface area contributed by atoms with Gasteiger partial charge in [-0.05, 0) is 24.3 Å². The molecule has 1 saturated heterocycles. The predicted molar refractivity (Wildman–Crippen MR) is 86.8 cm³/mol. The third-order valence-corrected chi connectivity index (χ3v) is 3.68. The second kappa shape index (κ2) is 7.30. The molecule has 1 N–H and O–H groups in total. The fourth-order valence-corrected chi connectivity index (χ4v) is 2.56. The van der Waals surface area contributed by atoms with Crippen LogP contribution >= 0.6 is 0 Å². The van der Waals surface area contributed by atoms with Crippen molar-refractivity contribution in [2.24, 2.45) is 0 Å². The Morgan fingerprint density at radius 3 is 2.78 bits per heavy atom. The van der Waals surface area contributed by atoms with Gasteiger partial charge in [0.2, 0.25) is 0 Å². The summed E-state index contributed by atoms with van der Waals surface area (Å²) in [6, 6.07) is 11.1. The van der Waals surface area contributed by atoms with Crippen molar-refractivity contribution in [3.8, 4) is 0 Å². The number of methoxy groups -OCH3 is 1. The normalized spacial score (nSPS) is 14.7. The lowest BCUT2D eigenvalue weighted by atomic mass is 10.2. The summed E-state index contributed by atoms with van der Waals surface area (Å²) in [4.78, 5) is 14.6. The molecule has 6 nitrogen and oxygen atoms in total. The maximum absolute atomic E-state index is 12.4. The Balaban J connectivity index is 1.75. The number of furan rings is 1. The lowest BCUT2D eigenvalue weighted by Gasteiger charge is -2.30. The Morgan fingerprint density at radius 2 is 2.00 bits per heavy atom. The van der Waals surface area contributed by atoms with Gasteiger partial charge in [0, 0.05) is 20.2 Å². The number of morpholine rings is 1. The topological polar surface area (TPSA) is 63.9 Å². The molecule has 0 radical (unpaired) electrons. The van der Waals surface area contributed by atoms with Gasteiger partial charge in [0.15, 0.2) is 5.76 Å². The smallest absolute Gasteiger partial charge is 0.291 e. The molecule has 0 atom stereocenters. The highest BCUT2D eigenvalue weighted by atomic mass is 16.5. The second-order valence-corrected chi connectivity index (χ2v) is 5.27. The summed E-state index contributed by atoms with van der Waals surface area (Å²) in [6.07, 6.45) is 0. The minimum Gasteiger partial charge on any atom is -0.453 e. The monoisotopic (exact) mass is 316 g/mol. The van der Waals surface area contributed by atoms with E-state index in [0.29, 0.717) is 25.6 Å². The van der Waals surface area contributed by atoms with E-state index in [9.17, 15) is 4.79 Å². The third-order valence-electron chi connectivity index (χ3n) is 3.68. The van der Waals surface area contributed by atoms with Gasteiger partial charge in [0.25, 0.3) is 5.91 Å². The van der Waals surface area contributed by atoms with Crippen LogP contribution in [0.5, 0.6) is 0 Å². The molecule has 0 bridgehead atoms. The van der Waals surface area contributed by atoms with E-state index in [4.69, 9.17) is 13.9 Å². The van der Waals surface area contributed by atoms with Crippen LogP contribution in [0.2, 0.25) is 0 Å². The highest BCUT2D eigenvalue weighted by Crippen LogP contribution is 2.27. The maximum Gasteiger partial charge on any atom is 0.291 e. The standard InChI is InChI=1S/C17H20N2O4/c1-21-12-13-6-7-16(23-13)17(20)18-14-4-2-3-5-15(14)19-8-10-22-11-9-19/h2-7H,8-12H2,1H3,(H,18,20). The van der Waals surface area contributed by atoms with Crippen LogP contribution in [0.25, 0.3) is 0 Å². The quantitative estimate of drug-likeness (QED) is 0.918. The van der Waals surface area contributed by atoms with E-state index in [-0.39, 0.29) is 11.7 Å². The highest BCUT2D eigenvalue weighted by Gasteiger charge is 2.17. The SMILES string of the molecule is COCc1ccc(C(=O)Nc2ccccc2N2CCOCC2)o1. The molecular formula is C17H20N2O4. The summed E-state index contributed by atoms with van der Waals surface area (Å²) in [7, 11) is 1.58. The van der Waals surface area contributed by atoms with E-state index in [0.717, 1.165) is 24.5 Å². The first-order chi connectivity index (χ1) is 11.3. The number of rotatable bonds is 5. The molecule has 3 rings (SSSR count). The molecular weight excluding hydrogens is 296 g/mol. The summed E-state index contributed by atoms with van der Waals surface area (Å²) < 4.78 is 15.8. The van der Waals surface area contributed by atoms with E-state index < -0.39 is 0 Å². The molecule has 1 aromatic heterocycles. The van der Waals surface area contributed by atoms with E-state index in [1.54, 1.807) is 19.2 Å². The molecule has 1 amide bonds. The average Bonchev–Trinajstić information content (AvgIpc) is 3.05. The lowest BCUT2D eigenvalue weighted by Crippen LogP contribution is -2.36. The Hall–Kier alpha value is -2.31. The Kier molecular flexibility index (Phi) is 4.95. The van der Waals surface area contributed by atoms with Crippen molar-refractivity contribution in [3.63, 3.8) is 0 Å². The molecule has 0 saturated carbocycles. The summed E-state index contributed by atoms with van der Waals surface area (Å²) in [6.45, 7) is 3.36. The maximum atomic E-state index is 12.4. The summed E-state index contributed by atoms with van der Waals surface area (Å²) in [5, 5.41) is 2.92. The Bertz CT molecular complexity index is 662. The molecule has 2 aromatic rings. The fourth-order valence-electron chi connectivity index (χ4n) is 2.56. The summed E-state index contributed by atoms with van der Waals surface area (Å²) in [5.41, 5.74) is 1.76. The lowest BCUT2D eigenvalue weighted by molar-refractivity contribution is 0.0987. The van der Waals surface area contributed by atoms with Gasteiger partial charge in [0.05, 0.1) is 24.6 Å². The van der Waals surface area contributed by atoms with Crippen molar-refractivity contribution in [3.05, 3.63) is 47.9 Å². The summed E-state index contributed by atoms with van der Waals surface area (Å²) in [5.74, 6) is 0.626. The average molecular weight is 316 g/mol. The first kappa shape index (κ1) is 15.6. The fraction of sp³-hybridized carbons (Fsp3) is 0.353. The zero-order valence-electron chi connectivity index (χ0n) is 13.1. The van der Waals surface area contributed by atoms with E-state index in [1.165, 1.54) is 0 Å². The number of anilines is 2. The van der Waals surface area contributed by atoms with Crippen LogP contribution < -0.4 is 10.2 Å². The zero-order valence-corrected chi connectivity index (χ0v) is 13.1. The van der Waals surface area contributed by atoms with Crippen molar-refractivity contribution >= 4 is 17.3 Å². The predicted octanol–water partition coefficient (Wildman–Crippen LogP) is 2.51. The van der Waals surface area contributed by atoms with Gasteiger partial charge in [-0.2, -0.15) is 0 Å². The highest BCUT2D eigenvalue weighted by molar-refractivity contribution is 6.04. The first-order valence-electron chi connectivity index (χ1n) is 7.58. The van der Waals surface area contributed by atoms with E-state index >= 15 is 0 Å². The van der Waals surface area contributed by atoms with Crippen molar-refractivity contribution in [2.75, 3.05) is 43.6 Å². The van der Waals surface area contributed by atoms with Crippen molar-refractivity contribution in [1.29, 1.82) is 0 Å². The molecule has 23 heavy (non-hydrogen) atoms. The largest absolute Gasteiger partial charge is 0.453 e. The van der Waals surface area contributed by atoms with Crippen molar-refractivity contribution < 1.29 is 18.7 Å². The van der Waals surface area contributed by atoms with E-state index in [2.05, 4.69) is 10.2 Å². The Morgan fingerprint density at radius 1 is 1.22 bits per heavy atom. The number of carbonyl (C=O) groups is 1. The van der Waals surface area contributed by atoms with Gasteiger partial charge in [-0.1, -0.05) is 12.1 Å². The molecule has 0 unspecified atom stereocenters. The van der Waals surface area contributed by atoms with Gasteiger partial charge < -0.3 is 24.1 Å². The van der Waals surface area contributed by atoms with Crippen LogP contribution in [-0.2, 0) is 16.1 Å². The molecule has 1 aromatic carbocycles. The number of nitrogens with one attached hydrogen (secondary N) is 1. The Labute approximate surface area is 135 Å². The molecule has 122 valence electrons. The molecule has 1 aliphatic rings. The van der Waals surface area contributed by atoms with Crippen LogP contribution in [0.1, 0.15) is 16.3 Å². The summed E-state index contributed by atoms with van der Waals surface area (Å²) >= 11 is 0. The van der Waals surface area contributed by atoms with Gasteiger partial charge in [-0.15, -0.1) is 0 Å². The molecule has 0 aliphatic carbocycles. The molecule has 1 aliphatic heterocycles. The number of hydrogen-bond acceptors (Lipinski definition) is 5. The number of hydrogen-bond donors (Lipinski definition) is 1. The number of para-hydroxylation sites is 2. The minimum atomic E-state index is -0.270.